The number of aryl methyl sites for hydroxylation is 1. The van der Waals surface area contributed by atoms with Crippen LogP contribution in [0.25, 0.3) is 11.2 Å². The Morgan fingerprint density at radius 3 is 2.34 bits per heavy atom. The molecule has 11 nitrogen and oxygen atoms in total. The van der Waals surface area contributed by atoms with Gasteiger partial charge in [0.15, 0.2) is 11.2 Å². The van der Waals surface area contributed by atoms with Crippen molar-refractivity contribution in [3.63, 3.8) is 0 Å². The number of alkyl halides is 3. The van der Waals surface area contributed by atoms with Crippen molar-refractivity contribution in [2.75, 3.05) is 4.90 Å². The van der Waals surface area contributed by atoms with Crippen molar-refractivity contribution >= 4 is 46.2 Å². The number of benzene rings is 2. The number of aromatic nitrogens is 4. The Labute approximate surface area is 234 Å². The van der Waals surface area contributed by atoms with Crippen molar-refractivity contribution in [3.8, 4) is 0 Å². The molecule has 0 radical (unpaired) electrons. The first-order valence-electron chi connectivity index (χ1n) is 11.8. The van der Waals surface area contributed by atoms with E-state index in [0.29, 0.717) is 10.5 Å². The van der Waals surface area contributed by atoms with Gasteiger partial charge in [-0.05, 0) is 48.4 Å². The molecule has 15 heteroatoms. The highest BCUT2D eigenvalue weighted by Crippen LogP contribution is 2.26. The number of rotatable bonds is 8. The number of carbonyl (C=O) groups excluding carboxylic acids is 2. The van der Waals surface area contributed by atoms with Gasteiger partial charge in [-0.25, -0.2) is 14.8 Å². The van der Waals surface area contributed by atoms with Crippen molar-refractivity contribution in [2.45, 2.75) is 32.1 Å². The standard InChI is InChI=1S/C26H20ClF3N6O5/c1-13-2-4-14(5-3-13)10-18(23(39)40)33-21(37)15-6-8-17(9-7-15)36(24(41)26(28,29)30)12-16-11-31-20-19(32-16)22(38)35-25(27)34-20/h2-9,11,18H,10,12H2,1H3,(H,33,37)(H,39,40)(H,31,34,35,38)/t18-/m0/s1. The number of fused-ring (bicyclic) bond motifs is 1. The fourth-order valence-corrected chi connectivity index (χ4v) is 3.96. The lowest BCUT2D eigenvalue weighted by atomic mass is 10.0. The van der Waals surface area contributed by atoms with E-state index in [9.17, 15) is 37.5 Å². The molecule has 4 rings (SSSR count). The van der Waals surface area contributed by atoms with Gasteiger partial charge in [0.05, 0.1) is 18.4 Å². The molecule has 0 aliphatic rings. The highest BCUT2D eigenvalue weighted by molar-refractivity contribution is 6.28. The van der Waals surface area contributed by atoms with Crippen LogP contribution < -0.4 is 15.8 Å². The molecule has 1 atom stereocenters. The molecule has 0 aliphatic carbocycles. The van der Waals surface area contributed by atoms with Crippen LogP contribution in [0.4, 0.5) is 18.9 Å². The maximum absolute atomic E-state index is 13.5. The quantitative estimate of drug-likeness (QED) is 0.265. The molecule has 0 aliphatic heterocycles. The average molecular weight is 589 g/mol. The Balaban J connectivity index is 1.57. The number of carbonyl (C=O) groups is 3. The smallest absolute Gasteiger partial charge is 0.471 e. The first kappa shape index (κ1) is 29.1. The number of aliphatic carboxylic acids is 1. The van der Waals surface area contributed by atoms with Gasteiger partial charge in [0.2, 0.25) is 5.28 Å². The Hall–Kier alpha value is -4.85. The molecule has 0 saturated heterocycles. The highest BCUT2D eigenvalue weighted by Gasteiger charge is 2.43. The van der Waals surface area contributed by atoms with Gasteiger partial charge in [-0.1, -0.05) is 29.8 Å². The number of carboxylic acids is 1. The van der Waals surface area contributed by atoms with Crippen LogP contribution in [0.5, 0.6) is 0 Å². The normalized spacial score (nSPS) is 12.1. The number of aromatic amines is 1. The molecule has 3 N–H and O–H groups in total. The summed E-state index contributed by atoms with van der Waals surface area (Å²) in [5.41, 5.74) is -0.0201. The molecule has 0 unspecified atom stereocenters. The van der Waals surface area contributed by atoms with Crippen LogP contribution in [0.2, 0.25) is 5.28 Å². The summed E-state index contributed by atoms with van der Waals surface area (Å²) in [6.07, 6.45) is -4.22. The molecule has 0 spiro atoms. The SMILES string of the molecule is Cc1ccc(C[C@H](NC(=O)c2ccc(N(Cc3cnc4nc(Cl)[nH]c(=O)c4n3)C(=O)C(F)(F)F)cc2)C(=O)O)cc1. The molecule has 2 aromatic heterocycles. The van der Waals surface area contributed by atoms with Gasteiger partial charge in [0.25, 0.3) is 11.5 Å². The summed E-state index contributed by atoms with van der Waals surface area (Å²) in [7, 11) is 0. The second kappa shape index (κ2) is 11.7. The van der Waals surface area contributed by atoms with Crippen molar-refractivity contribution in [1.29, 1.82) is 0 Å². The summed E-state index contributed by atoms with van der Waals surface area (Å²) in [5.74, 6) is -4.29. The van der Waals surface area contributed by atoms with Gasteiger partial charge in [-0.15, -0.1) is 0 Å². The lowest BCUT2D eigenvalue weighted by molar-refractivity contribution is -0.170. The zero-order valence-electron chi connectivity index (χ0n) is 21.1. The van der Waals surface area contributed by atoms with Gasteiger partial charge in [-0.3, -0.25) is 24.3 Å². The van der Waals surface area contributed by atoms with Crippen LogP contribution in [0, 0.1) is 6.92 Å². The van der Waals surface area contributed by atoms with Gasteiger partial charge >= 0.3 is 18.1 Å². The first-order chi connectivity index (χ1) is 19.3. The Morgan fingerprint density at radius 2 is 1.73 bits per heavy atom. The van der Waals surface area contributed by atoms with Crippen LogP contribution in [0.1, 0.15) is 27.2 Å². The molecule has 2 aromatic carbocycles. The zero-order valence-corrected chi connectivity index (χ0v) is 21.8. The van der Waals surface area contributed by atoms with E-state index in [1.807, 2.05) is 6.92 Å². The number of halogens is 4. The minimum Gasteiger partial charge on any atom is -0.480 e. The van der Waals surface area contributed by atoms with Gasteiger partial charge < -0.3 is 10.4 Å². The minimum absolute atomic E-state index is 0.00462. The fourth-order valence-electron chi connectivity index (χ4n) is 3.79. The number of amides is 2. The summed E-state index contributed by atoms with van der Waals surface area (Å²) in [4.78, 5) is 63.1. The van der Waals surface area contributed by atoms with E-state index in [0.717, 1.165) is 36.0 Å². The molecule has 0 fully saturated rings. The first-order valence-corrected chi connectivity index (χ1v) is 12.2. The van der Waals surface area contributed by atoms with E-state index >= 15 is 0 Å². The van der Waals surface area contributed by atoms with Crippen LogP contribution >= 0.6 is 11.6 Å². The van der Waals surface area contributed by atoms with Crippen LogP contribution in [0.3, 0.4) is 0 Å². The van der Waals surface area contributed by atoms with E-state index in [1.165, 1.54) is 0 Å². The van der Waals surface area contributed by atoms with Crippen molar-refractivity contribution in [1.82, 2.24) is 25.3 Å². The summed E-state index contributed by atoms with van der Waals surface area (Å²) >= 11 is 5.67. The summed E-state index contributed by atoms with van der Waals surface area (Å²) in [6, 6.07) is 10.3. The summed E-state index contributed by atoms with van der Waals surface area (Å²) < 4.78 is 40.4. The summed E-state index contributed by atoms with van der Waals surface area (Å²) in [6.45, 7) is 1.14. The molecule has 212 valence electrons. The van der Waals surface area contributed by atoms with E-state index in [1.54, 1.807) is 24.3 Å². The molecule has 0 saturated carbocycles. The third kappa shape index (κ3) is 7.03. The largest absolute Gasteiger partial charge is 0.480 e. The number of nitrogens with one attached hydrogen (secondary N) is 2. The lowest BCUT2D eigenvalue weighted by Crippen LogP contribution is -2.42. The van der Waals surface area contributed by atoms with Gasteiger partial charge in [-0.2, -0.15) is 18.2 Å². The maximum atomic E-state index is 13.5. The Bertz CT molecular complexity index is 1680. The minimum atomic E-state index is -5.27. The third-order valence-electron chi connectivity index (χ3n) is 5.85. The predicted octanol–water partition coefficient (Wildman–Crippen LogP) is 3.20. The van der Waals surface area contributed by atoms with E-state index in [2.05, 4.69) is 25.3 Å². The van der Waals surface area contributed by atoms with Crippen molar-refractivity contribution in [3.05, 3.63) is 92.7 Å². The fraction of sp³-hybridized carbons (Fsp3) is 0.192. The monoisotopic (exact) mass is 588 g/mol. The van der Waals surface area contributed by atoms with Gasteiger partial charge in [0.1, 0.15) is 6.04 Å². The van der Waals surface area contributed by atoms with Crippen molar-refractivity contribution in [2.24, 2.45) is 0 Å². The number of hydrogen-bond donors (Lipinski definition) is 3. The number of hydrogen-bond acceptors (Lipinski definition) is 7. The number of anilines is 1. The predicted molar refractivity (Wildman–Crippen MR) is 140 cm³/mol. The molecular weight excluding hydrogens is 569 g/mol. The molecular formula is C26H20ClF3N6O5. The molecule has 4 aromatic rings. The van der Waals surface area contributed by atoms with Crippen LogP contribution in [-0.2, 0) is 22.6 Å². The third-order valence-corrected chi connectivity index (χ3v) is 6.03. The summed E-state index contributed by atoms with van der Waals surface area (Å²) in [5, 5.41) is 11.7. The Kier molecular flexibility index (Phi) is 8.33. The average Bonchev–Trinajstić information content (AvgIpc) is 2.92. The van der Waals surface area contributed by atoms with Gasteiger partial charge in [0, 0.05) is 17.7 Å². The Morgan fingerprint density at radius 1 is 1.07 bits per heavy atom. The second-order valence-electron chi connectivity index (χ2n) is 8.88. The van der Waals surface area contributed by atoms with E-state index < -0.39 is 42.1 Å². The van der Waals surface area contributed by atoms with E-state index in [4.69, 9.17) is 11.6 Å². The zero-order chi connectivity index (χ0) is 29.9. The topological polar surface area (TPSA) is 158 Å². The van der Waals surface area contributed by atoms with E-state index in [-0.39, 0.29) is 39.8 Å². The molecule has 0 bridgehead atoms. The van der Waals surface area contributed by atoms with Crippen LogP contribution in [-0.4, -0.2) is 55.0 Å². The molecule has 41 heavy (non-hydrogen) atoms. The number of carboxylic acid groups (broad SMARTS) is 1. The number of H-pyrrole nitrogens is 1. The van der Waals surface area contributed by atoms with Crippen LogP contribution in [0.15, 0.2) is 59.5 Å². The second-order valence-corrected chi connectivity index (χ2v) is 9.24. The highest BCUT2D eigenvalue weighted by atomic mass is 35.5. The van der Waals surface area contributed by atoms with Crippen molar-refractivity contribution < 1.29 is 32.7 Å². The maximum Gasteiger partial charge on any atom is 0.471 e. The molecule has 2 amide bonds. The number of nitrogens with zero attached hydrogens (tertiary/aromatic N) is 4. The molecule has 2 heterocycles. The lowest BCUT2D eigenvalue weighted by Gasteiger charge is -2.24.